The van der Waals surface area contributed by atoms with Gasteiger partial charge in [0, 0.05) is 13.1 Å². The minimum atomic E-state index is -0.529. The number of fused-ring (bicyclic) bond motifs is 1. The fraction of sp³-hybridized carbons (Fsp3) is 0.556. The molecule has 0 radical (unpaired) electrons. The quantitative estimate of drug-likeness (QED) is 0.793. The first-order valence-corrected chi connectivity index (χ1v) is 8.37. The maximum absolute atomic E-state index is 12.3. The van der Waals surface area contributed by atoms with Crippen LogP contribution in [0.25, 0.3) is 0 Å². The summed E-state index contributed by atoms with van der Waals surface area (Å²) in [5.41, 5.74) is 0.354. The highest BCUT2D eigenvalue weighted by atomic mass is 16.6. The van der Waals surface area contributed by atoms with Gasteiger partial charge in [-0.1, -0.05) is 13.8 Å². The zero-order chi connectivity index (χ0) is 17.1. The van der Waals surface area contributed by atoms with Crippen LogP contribution in [0.2, 0.25) is 0 Å². The predicted octanol–water partition coefficient (Wildman–Crippen LogP) is 2.12. The van der Waals surface area contributed by atoms with Crippen molar-refractivity contribution >= 4 is 11.9 Å². The summed E-state index contributed by atoms with van der Waals surface area (Å²) in [6.45, 7) is 6.45. The Morgan fingerprint density at radius 1 is 1.12 bits per heavy atom. The van der Waals surface area contributed by atoms with Crippen LogP contribution in [0.3, 0.4) is 0 Å². The molecule has 24 heavy (non-hydrogen) atoms. The van der Waals surface area contributed by atoms with Crippen LogP contribution < -0.4 is 9.47 Å². The molecular weight excluding hydrogens is 310 g/mol. The molecular formula is C18H23NO5. The van der Waals surface area contributed by atoms with Crippen molar-refractivity contribution in [1.82, 2.24) is 4.90 Å². The molecule has 0 N–H and O–H groups in total. The van der Waals surface area contributed by atoms with Gasteiger partial charge in [0.05, 0.1) is 5.56 Å². The fourth-order valence-electron chi connectivity index (χ4n) is 3.34. The molecule has 0 saturated carbocycles. The molecule has 2 atom stereocenters. The van der Waals surface area contributed by atoms with Crippen LogP contribution in [0.4, 0.5) is 0 Å². The smallest absolute Gasteiger partial charge is 0.338 e. The molecule has 2 aliphatic heterocycles. The number of rotatable bonds is 3. The van der Waals surface area contributed by atoms with E-state index < -0.39 is 5.97 Å². The number of hydrogen-bond acceptors (Lipinski definition) is 5. The molecule has 0 spiro atoms. The first-order chi connectivity index (χ1) is 11.5. The molecule has 0 bridgehead atoms. The van der Waals surface area contributed by atoms with E-state index in [0.29, 0.717) is 42.1 Å². The molecule has 2 aliphatic rings. The van der Waals surface area contributed by atoms with E-state index in [2.05, 4.69) is 13.8 Å². The maximum atomic E-state index is 12.3. The predicted molar refractivity (Wildman–Crippen MR) is 87.2 cm³/mol. The molecule has 0 aliphatic carbocycles. The zero-order valence-corrected chi connectivity index (χ0v) is 14.1. The Balaban J connectivity index is 1.56. The van der Waals surface area contributed by atoms with Gasteiger partial charge < -0.3 is 19.1 Å². The number of benzene rings is 1. The second-order valence-corrected chi connectivity index (χ2v) is 6.68. The molecule has 1 aromatic carbocycles. The van der Waals surface area contributed by atoms with Crippen LogP contribution in [0.1, 0.15) is 30.6 Å². The molecule has 6 nitrogen and oxygen atoms in total. The molecule has 2 heterocycles. The van der Waals surface area contributed by atoms with Gasteiger partial charge in [0.2, 0.25) is 0 Å². The second-order valence-electron chi connectivity index (χ2n) is 6.68. The molecule has 1 aromatic rings. The molecule has 3 rings (SSSR count). The summed E-state index contributed by atoms with van der Waals surface area (Å²) in [6, 6.07) is 4.89. The van der Waals surface area contributed by atoms with Crippen LogP contribution >= 0.6 is 0 Å². The van der Waals surface area contributed by atoms with Crippen LogP contribution in [0, 0.1) is 11.8 Å². The monoisotopic (exact) mass is 333 g/mol. The van der Waals surface area contributed by atoms with Gasteiger partial charge in [0.1, 0.15) is 13.2 Å². The van der Waals surface area contributed by atoms with Crippen LogP contribution in [-0.4, -0.2) is 49.7 Å². The van der Waals surface area contributed by atoms with Crippen molar-refractivity contribution in [3.05, 3.63) is 23.8 Å². The number of piperidine rings is 1. The number of amides is 1. The van der Waals surface area contributed by atoms with Crippen molar-refractivity contribution in [2.24, 2.45) is 11.8 Å². The minimum absolute atomic E-state index is 0.140. The van der Waals surface area contributed by atoms with Crippen molar-refractivity contribution < 1.29 is 23.8 Å². The van der Waals surface area contributed by atoms with E-state index in [0.717, 1.165) is 19.5 Å². The van der Waals surface area contributed by atoms with E-state index >= 15 is 0 Å². The number of hydrogen-bond donors (Lipinski definition) is 0. The van der Waals surface area contributed by atoms with Gasteiger partial charge in [-0.05, 0) is 36.5 Å². The average Bonchev–Trinajstić information content (AvgIpc) is 2.58. The summed E-state index contributed by atoms with van der Waals surface area (Å²) < 4.78 is 16.0. The molecule has 1 amide bonds. The number of esters is 1. The van der Waals surface area contributed by atoms with Gasteiger partial charge in [-0.3, -0.25) is 4.79 Å². The minimum Gasteiger partial charge on any atom is -0.486 e. The topological polar surface area (TPSA) is 65.1 Å². The summed E-state index contributed by atoms with van der Waals surface area (Å²) in [4.78, 5) is 26.2. The van der Waals surface area contributed by atoms with Crippen molar-refractivity contribution in [1.29, 1.82) is 0 Å². The first kappa shape index (κ1) is 16.6. The summed E-state index contributed by atoms with van der Waals surface area (Å²) in [7, 11) is 0. The SMILES string of the molecule is C[C@@H]1C[C@H](C)CN(C(=O)COC(=O)c2ccc3c(c2)OCCO3)C1. The van der Waals surface area contributed by atoms with E-state index in [9.17, 15) is 9.59 Å². The molecule has 0 aromatic heterocycles. The largest absolute Gasteiger partial charge is 0.486 e. The van der Waals surface area contributed by atoms with Gasteiger partial charge in [-0.25, -0.2) is 4.79 Å². The average molecular weight is 333 g/mol. The first-order valence-electron chi connectivity index (χ1n) is 8.37. The molecule has 1 fully saturated rings. The van der Waals surface area contributed by atoms with E-state index in [1.54, 1.807) is 23.1 Å². The van der Waals surface area contributed by atoms with Gasteiger partial charge in [0.25, 0.3) is 5.91 Å². The van der Waals surface area contributed by atoms with Gasteiger partial charge in [-0.2, -0.15) is 0 Å². The third-order valence-electron chi connectivity index (χ3n) is 4.33. The molecule has 1 saturated heterocycles. The van der Waals surface area contributed by atoms with Gasteiger partial charge in [-0.15, -0.1) is 0 Å². The van der Waals surface area contributed by atoms with Crippen molar-refractivity contribution in [3.63, 3.8) is 0 Å². The summed E-state index contributed by atoms with van der Waals surface area (Å²) in [6.07, 6.45) is 1.13. The number of carbonyl (C=O) groups is 2. The molecule has 0 unspecified atom stereocenters. The Kier molecular flexibility index (Phi) is 4.92. The summed E-state index contributed by atoms with van der Waals surface area (Å²) >= 11 is 0. The van der Waals surface area contributed by atoms with E-state index in [-0.39, 0.29) is 12.5 Å². The highest BCUT2D eigenvalue weighted by molar-refractivity contribution is 5.92. The fourth-order valence-corrected chi connectivity index (χ4v) is 3.34. The highest BCUT2D eigenvalue weighted by Gasteiger charge is 2.26. The van der Waals surface area contributed by atoms with E-state index in [1.807, 2.05) is 0 Å². The Hall–Kier alpha value is -2.24. The lowest BCUT2D eigenvalue weighted by Crippen LogP contribution is -2.44. The van der Waals surface area contributed by atoms with Crippen molar-refractivity contribution in [2.75, 3.05) is 32.9 Å². The van der Waals surface area contributed by atoms with Crippen LogP contribution in [-0.2, 0) is 9.53 Å². The van der Waals surface area contributed by atoms with E-state index in [1.165, 1.54) is 0 Å². The summed E-state index contributed by atoms with van der Waals surface area (Å²) in [5.74, 6) is 1.43. The number of carbonyl (C=O) groups excluding carboxylic acids is 2. The number of likely N-dealkylation sites (tertiary alicyclic amines) is 1. The van der Waals surface area contributed by atoms with Gasteiger partial charge >= 0.3 is 5.97 Å². The Bertz CT molecular complexity index is 620. The molecule has 130 valence electrons. The third-order valence-corrected chi connectivity index (χ3v) is 4.33. The highest BCUT2D eigenvalue weighted by Crippen LogP contribution is 2.31. The Morgan fingerprint density at radius 2 is 1.79 bits per heavy atom. The normalized spacial score (nSPS) is 22.8. The number of nitrogens with zero attached hydrogens (tertiary/aromatic N) is 1. The Labute approximate surface area is 141 Å². The standard InChI is InChI=1S/C18H23NO5/c1-12-7-13(2)10-19(9-12)17(20)11-24-18(21)14-3-4-15-16(8-14)23-6-5-22-15/h3-4,8,12-13H,5-7,9-11H2,1-2H3/t12-,13+. The number of ether oxygens (including phenoxy) is 3. The zero-order valence-electron chi connectivity index (χ0n) is 14.1. The third kappa shape index (κ3) is 3.80. The second kappa shape index (κ2) is 7.11. The summed E-state index contributed by atoms with van der Waals surface area (Å²) in [5, 5.41) is 0. The van der Waals surface area contributed by atoms with Crippen molar-refractivity contribution in [3.8, 4) is 11.5 Å². The lowest BCUT2D eigenvalue weighted by Gasteiger charge is -2.34. The lowest BCUT2D eigenvalue weighted by atomic mass is 9.92. The van der Waals surface area contributed by atoms with E-state index in [4.69, 9.17) is 14.2 Å². The van der Waals surface area contributed by atoms with Crippen LogP contribution in [0.5, 0.6) is 11.5 Å². The Morgan fingerprint density at radius 3 is 2.50 bits per heavy atom. The molecule has 6 heteroatoms. The maximum Gasteiger partial charge on any atom is 0.338 e. The van der Waals surface area contributed by atoms with Crippen molar-refractivity contribution in [2.45, 2.75) is 20.3 Å². The van der Waals surface area contributed by atoms with Crippen LogP contribution in [0.15, 0.2) is 18.2 Å². The lowest BCUT2D eigenvalue weighted by molar-refractivity contribution is -0.137. The van der Waals surface area contributed by atoms with Gasteiger partial charge in [0.15, 0.2) is 18.1 Å².